The van der Waals surface area contributed by atoms with Crippen LogP contribution in [0.1, 0.15) is 13.8 Å². The minimum Gasteiger partial charge on any atom is -0.480 e. The first kappa shape index (κ1) is 17.0. The van der Waals surface area contributed by atoms with E-state index in [1.54, 1.807) is 13.8 Å². The molecular formula is C9H14N2O6S3. The van der Waals surface area contributed by atoms with Gasteiger partial charge in [-0.15, -0.1) is 11.3 Å². The second kappa shape index (κ2) is 5.77. The molecule has 0 unspecified atom stereocenters. The van der Waals surface area contributed by atoms with Crippen molar-refractivity contribution in [1.82, 2.24) is 4.72 Å². The summed E-state index contributed by atoms with van der Waals surface area (Å²) in [5.74, 6) is -1.79. The number of carboxylic acid groups (broad SMARTS) is 1. The van der Waals surface area contributed by atoms with Crippen molar-refractivity contribution in [3.63, 3.8) is 0 Å². The molecule has 0 fully saturated rings. The van der Waals surface area contributed by atoms with E-state index in [4.69, 9.17) is 10.2 Å². The number of hydrogen-bond donors (Lipinski definition) is 3. The minimum absolute atomic E-state index is 0.311. The topological polar surface area (TPSA) is 144 Å². The Morgan fingerprint density at radius 1 is 1.35 bits per heavy atom. The Balaban J connectivity index is 3.12. The maximum absolute atomic E-state index is 12.0. The molecule has 0 aliphatic rings. The van der Waals surface area contributed by atoms with Gasteiger partial charge in [0.15, 0.2) is 0 Å². The van der Waals surface area contributed by atoms with E-state index in [0.29, 0.717) is 11.3 Å². The van der Waals surface area contributed by atoms with Crippen LogP contribution in [0.15, 0.2) is 20.6 Å². The van der Waals surface area contributed by atoms with Gasteiger partial charge in [0.1, 0.15) is 10.3 Å². The lowest BCUT2D eigenvalue weighted by molar-refractivity contribution is -0.140. The van der Waals surface area contributed by atoms with Crippen LogP contribution in [0.25, 0.3) is 0 Å². The lowest BCUT2D eigenvalue weighted by atomic mass is 10.1. The third-order valence-electron chi connectivity index (χ3n) is 2.36. The number of carbonyl (C=O) groups is 1. The lowest BCUT2D eigenvalue weighted by Crippen LogP contribution is -2.44. The summed E-state index contributed by atoms with van der Waals surface area (Å²) < 4.78 is 47.9. The van der Waals surface area contributed by atoms with Gasteiger partial charge in [0, 0.05) is 5.38 Å². The van der Waals surface area contributed by atoms with E-state index in [1.807, 2.05) is 4.72 Å². The molecule has 1 rings (SSSR count). The molecule has 1 aromatic rings. The van der Waals surface area contributed by atoms with Gasteiger partial charge in [-0.3, -0.25) is 4.79 Å². The standard InChI is InChI=1S/C9H14N2O6S3/c1-5(2)8(9(12)13)11-20(16,17)6-3-7(18-4-6)19(10,14)15/h3-5,8,11H,1-2H3,(H,12,13)(H2,10,14,15)/t8-/m0/s1. The number of sulfonamides is 2. The van der Waals surface area contributed by atoms with E-state index >= 15 is 0 Å². The van der Waals surface area contributed by atoms with Gasteiger partial charge in [0.25, 0.3) is 0 Å². The lowest BCUT2D eigenvalue weighted by Gasteiger charge is -2.17. The Morgan fingerprint density at radius 2 is 1.90 bits per heavy atom. The van der Waals surface area contributed by atoms with Gasteiger partial charge in [0.2, 0.25) is 20.0 Å². The maximum Gasteiger partial charge on any atom is 0.322 e. The first-order chi connectivity index (χ1) is 8.95. The molecule has 0 spiro atoms. The molecule has 114 valence electrons. The van der Waals surface area contributed by atoms with Crippen molar-refractivity contribution in [3.05, 3.63) is 11.4 Å². The second-order valence-electron chi connectivity index (χ2n) is 4.33. The van der Waals surface area contributed by atoms with Gasteiger partial charge in [-0.1, -0.05) is 13.8 Å². The van der Waals surface area contributed by atoms with Crippen LogP contribution in [0, 0.1) is 5.92 Å². The van der Waals surface area contributed by atoms with Crippen molar-refractivity contribution < 1.29 is 26.7 Å². The van der Waals surface area contributed by atoms with E-state index in [1.165, 1.54) is 0 Å². The monoisotopic (exact) mass is 342 g/mol. The summed E-state index contributed by atoms with van der Waals surface area (Å²) in [4.78, 5) is 10.6. The van der Waals surface area contributed by atoms with Crippen molar-refractivity contribution >= 4 is 37.4 Å². The van der Waals surface area contributed by atoms with E-state index < -0.39 is 38.0 Å². The third-order valence-corrected chi connectivity index (χ3v) is 6.31. The molecule has 0 bridgehead atoms. The highest BCUT2D eigenvalue weighted by Crippen LogP contribution is 2.23. The number of thiophene rings is 1. The fraction of sp³-hybridized carbons (Fsp3) is 0.444. The van der Waals surface area contributed by atoms with Crippen molar-refractivity contribution in [1.29, 1.82) is 0 Å². The van der Waals surface area contributed by atoms with Crippen LogP contribution in [-0.4, -0.2) is 34.0 Å². The quantitative estimate of drug-likeness (QED) is 0.652. The summed E-state index contributed by atoms with van der Waals surface area (Å²) in [6.45, 7) is 3.09. The molecule has 11 heteroatoms. The summed E-state index contributed by atoms with van der Waals surface area (Å²) in [6.07, 6.45) is 0. The van der Waals surface area contributed by atoms with Gasteiger partial charge in [-0.05, 0) is 12.0 Å². The molecule has 0 amide bonds. The smallest absolute Gasteiger partial charge is 0.322 e. The third kappa shape index (κ3) is 3.99. The van der Waals surface area contributed by atoms with Gasteiger partial charge in [-0.2, -0.15) is 4.72 Å². The molecule has 0 radical (unpaired) electrons. The Hall–Kier alpha value is -1.01. The molecule has 0 saturated heterocycles. The van der Waals surface area contributed by atoms with Crippen LogP contribution >= 0.6 is 11.3 Å². The summed E-state index contributed by atoms with van der Waals surface area (Å²) in [5, 5.41) is 14.9. The molecule has 8 nitrogen and oxygen atoms in total. The summed E-state index contributed by atoms with van der Waals surface area (Å²) >= 11 is 0.648. The Morgan fingerprint density at radius 3 is 2.25 bits per heavy atom. The van der Waals surface area contributed by atoms with Gasteiger partial charge in [0.05, 0.1) is 4.90 Å². The predicted octanol–water partition coefficient (Wildman–Crippen LogP) is -0.217. The Labute approximate surface area is 120 Å². The number of nitrogens with one attached hydrogen (secondary N) is 1. The number of carboxylic acids is 1. The SMILES string of the molecule is CC(C)[C@H](NS(=O)(=O)c1csc(S(N)(=O)=O)c1)C(=O)O. The molecular weight excluding hydrogens is 328 g/mol. The fourth-order valence-corrected chi connectivity index (χ4v) is 4.68. The molecule has 1 aromatic heterocycles. The zero-order valence-electron chi connectivity index (χ0n) is 10.6. The summed E-state index contributed by atoms with van der Waals surface area (Å²) in [7, 11) is -8.12. The van der Waals surface area contributed by atoms with Crippen molar-refractivity contribution in [2.24, 2.45) is 11.1 Å². The maximum atomic E-state index is 12.0. The molecule has 4 N–H and O–H groups in total. The highest BCUT2D eigenvalue weighted by molar-refractivity contribution is 7.92. The normalized spacial score (nSPS) is 14.4. The molecule has 0 aromatic carbocycles. The number of rotatable bonds is 6. The number of primary sulfonamides is 1. The zero-order valence-corrected chi connectivity index (χ0v) is 13.0. The average molecular weight is 342 g/mol. The largest absolute Gasteiger partial charge is 0.480 e. The van der Waals surface area contributed by atoms with E-state index in [9.17, 15) is 21.6 Å². The Kier molecular flexibility index (Phi) is 4.92. The van der Waals surface area contributed by atoms with Gasteiger partial charge in [-0.25, -0.2) is 22.0 Å². The van der Waals surface area contributed by atoms with Crippen LogP contribution in [-0.2, 0) is 24.8 Å². The number of aliphatic carboxylic acids is 1. The predicted molar refractivity (Wildman–Crippen MR) is 72.3 cm³/mol. The Bertz CT molecular complexity index is 704. The number of hydrogen-bond acceptors (Lipinski definition) is 6. The zero-order chi connectivity index (χ0) is 15.7. The van der Waals surface area contributed by atoms with Crippen LogP contribution in [0.2, 0.25) is 0 Å². The van der Waals surface area contributed by atoms with E-state index in [0.717, 1.165) is 11.4 Å². The summed E-state index contributed by atoms with van der Waals surface area (Å²) in [6, 6.07) is -0.417. The number of nitrogens with two attached hydrogens (primary N) is 1. The first-order valence-electron chi connectivity index (χ1n) is 5.31. The van der Waals surface area contributed by atoms with Crippen LogP contribution in [0.4, 0.5) is 0 Å². The highest BCUT2D eigenvalue weighted by Gasteiger charge is 2.29. The van der Waals surface area contributed by atoms with Crippen LogP contribution in [0.5, 0.6) is 0 Å². The fourth-order valence-electron chi connectivity index (χ4n) is 1.30. The first-order valence-corrected chi connectivity index (χ1v) is 9.22. The average Bonchev–Trinajstić information content (AvgIpc) is 2.74. The second-order valence-corrected chi connectivity index (χ2v) is 8.74. The van der Waals surface area contributed by atoms with Crippen molar-refractivity contribution in [3.8, 4) is 0 Å². The van der Waals surface area contributed by atoms with Crippen LogP contribution in [0.3, 0.4) is 0 Å². The molecule has 1 heterocycles. The summed E-state index contributed by atoms with van der Waals surface area (Å²) in [5.41, 5.74) is 0. The molecule has 0 aliphatic carbocycles. The molecule has 0 aliphatic heterocycles. The van der Waals surface area contributed by atoms with Crippen LogP contribution < -0.4 is 9.86 Å². The van der Waals surface area contributed by atoms with Gasteiger partial charge >= 0.3 is 5.97 Å². The highest BCUT2D eigenvalue weighted by atomic mass is 32.2. The minimum atomic E-state index is -4.13. The van der Waals surface area contributed by atoms with Crippen molar-refractivity contribution in [2.75, 3.05) is 0 Å². The molecule has 20 heavy (non-hydrogen) atoms. The van der Waals surface area contributed by atoms with Gasteiger partial charge < -0.3 is 5.11 Å². The molecule has 0 saturated carbocycles. The molecule has 1 atom stereocenters. The van der Waals surface area contributed by atoms with E-state index in [-0.39, 0.29) is 9.10 Å². The van der Waals surface area contributed by atoms with E-state index in [2.05, 4.69) is 0 Å². The van der Waals surface area contributed by atoms with Crippen molar-refractivity contribution in [2.45, 2.75) is 29.0 Å².